The molecule has 1 aliphatic heterocycles. The van der Waals surface area contributed by atoms with Crippen LogP contribution in [0.5, 0.6) is 0 Å². The third-order valence-electron chi connectivity index (χ3n) is 5.17. The molecule has 1 amide bonds. The number of amides is 1. The van der Waals surface area contributed by atoms with Gasteiger partial charge in [0, 0.05) is 13.0 Å². The molecule has 2 atom stereocenters. The number of sulfonamides is 1. The Hall–Kier alpha value is -2.75. The lowest BCUT2D eigenvalue weighted by molar-refractivity contribution is -0.188. The summed E-state index contributed by atoms with van der Waals surface area (Å²) in [7, 11) is -3.97. The van der Waals surface area contributed by atoms with Gasteiger partial charge >= 0.3 is 5.97 Å². The fraction of sp³-hybridized carbons (Fsp3) is 0.333. The van der Waals surface area contributed by atoms with Crippen molar-refractivity contribution in [2.24, 2.45) is 0 Å². The highest BCUT2D eigenvalue weighted by atomic mass is 32.2. The molecule has 0 saturated carbocycles. The van der Waals surface area contributed by atoms with Crippen molar-refractivity contribution < 1.29 is 29.8 Å². The molecular formula is C21H24N2O6S. The highest BCUT2D eigenvalue weighted by molar-refractivity contribution is 7.89. The molecule has 2 aromatic carbocycles. The molecule has 0 spiro atoms. The molecule has 0 radical (unpaired) electrons. The fourth-order valence-electron chi connectivity index (χ4n) is 3.53. The van der Waals surface area contributed by atoms with Gasteiger partial charge in [-0.1, -0.05) is 48.0 Å². The summed E-state index contributed by atoms with van der Waals surface area (Å²) < 4.78 is 34.6. The molecule has 2 N–H and O–H groups in total. The van der Waals surface area contributed by atoms with Crippen molar-refractivity contribution in [3.63, 3.8) is 0 Å². The van der Waals surface area contributed by atoms with E-state index in [9.17, 15) is 23.1 Å². The SMILES string of the molecule is [2H]ON(C(=O)[C@@H]1CCCN1S(=O)(=O)c1ccc(C)cc1)[C@@H](Cc1ccccc1)C(=O)O. The van der Waals surface area contributed by atoms with E-state index in [2.05, 4.69) is 5.21 Å². The van der Waals surface area contributed by atoms with Crippen LogP contribution in [-0.4, -0.2) is 58.6 Å². The molecule has 2 aromatic rings. The number of hydrogen-bond acceptors (Lipinski definition) is 5. The Balaban J connectivity index is 1.87. The van der Waals surface area contributed by atoms with Gasteiger partial charge < -0.3 is 5.11 Å². The van der Waals surface area contributed by atoms with Gasteiger partial charge in [-0.3, -0.25) is 10.0 Å². The normalized spacial score (nSPS) is 18.6. The van der Waals surface area contributed by atoms with Gasteiger partial charge in [0.05, 0.1) is 4.90 Å². The van der Waals surface area contributed by atoms with E-state index in [1.165, 1.54) is 12.1 Å². The highest BCUT2D eigenvalue weighted by Crippen LogP contribution is 2.28. The highest BCUT2D eigenvalue weighted by Gasteiger charge is 2.43. The summed E-state index contributed by atoms with van der Waals surface area (Å²) in [5.74, 6) is -2.22. The molecule has 1 heterocycles. The lowest BCUT2D eigenvalue weighted by atomic mass is 10.1. The number of hydrogen-bond donors (Lipinski definition) is 2. The molecule has 8 nitrogen and oxygen atoms in total. The van der Waals surface area contributed by atoms with E-state index in [1.807, 2.05) is 6.92 Å². The number of carbonyl (C=O) groups is 2. The summed E-state index contributed by atoms with van der Waals surface area (Å²) in [6.07, 6.45) is 0.559. The van der Waals surface area contributed by atoms with Crippen LogP contribution in [0.4, 0.5) is 0 Å². The standard InChI is InChI=1S/C21H24N2O6S/c1-15-9-11-17(12-10-15)30(28,29)22-13-5-8-18(22)20(24)23(27)19(21(25)26)14-16-6-3-2-4-7-16/h2-4,6-7,9-12,18-19,27H,5,8,13-14H2,1H3,(H,25,26)/t18-,19-/m0/s1/i27D. The number of rotatable bonds is 8. The Morgan fingerprint density at radius 2 is 1.87 bits per heavy atom. The van der Waals surface area contributed by atoms with Crippen LogP contribution in [0.1, 0.15) is 24.0 Å². The molecular weight excluding hydrogens is 408 g/mol. The number of carboxylic acid groups (broad SMARTS) is 1. The molecule has 3 rings (SSSR count). The largest absolute Gasteiger partial charge is 0.480 e. The molecule has 0 aliphatic carbocycles. The van der Waals surface area contributed by atoms with Crippen LogP contribution in [0, 0.1) is 6.92 Å². The molecule has 0 aromatic heterocycles. The summed E-state index contributed by atoms with van der Waals surface area (Å²) in [6.45, 7) is 1.95. The van der Waals surface area contributed by atoms with Crippen molar-refractivity contribution in [3.8, 4) is 0 Å². The third-order valence-corrected chi connectivity index (χ3v) is 7.10. The molecule has 0 unspecified atom stereocenters. The second kappa shape index (κ2) is 8.95. The number of nitrogens with zero attached hydrogens (tertiary/aromatic N) is 2. The van der Waals surface area contributed by atoms with E-state index in [-0.39, 0.29) is 24.3 Å². The summed E-state index contributed by atoms with van der Waals surface area (Å²) in [4.78, 5) is 25.1. The van der Waals surface area contributed by atoms with Crippen LogP contribution >= 0.6 is 0 Å². The first-order valence-electron chi connectivity index (χ1n) is 9.98. The predicted octanol–water partition coefficient (Wildman–Crippen LogP) is 2.06. The Kier molecular flexibility index (Phi) is 6.12. The molecule has 0 bridgehead atoms. The van der Waals surface area contributed by atoms with E-state index < -0.39 is 34.0 Å². The van der Waals surface area contributed by atoms with Crippen molar-refractivity contribution in [1.82, 2.24) is 9.37 Å². The van der Waals surface area contributed by atoms with Gasteiger partial charge in [-0.15, -0.1) is 0 Å². The van der Waals surface area contributed by atoms with E-state index >= 15 is 0 Å². The van der Waals surface area contributed by atoms with Gasteiger partial charge in [-0.05, 0) is 37.5 Å². The molecule has 1 saturated heterocycles. The summed E-state index contributed by atoms with van der Waals surface area (Å²) in [6, 6.07) is 12.3. The predicted molar refractivity (Wildman–Crippen MR) is 108 cm³/mol. The second-order valence-corrected chi connectivity index (χ2v) is 9.19. The average Bonchev–Trinajstić information content (AvgIpc) is 3.25. The first-order valence-corrected chi connectivity index (χ1v) is 11.0. The number of aryl methyl sites for hydroxylation is 1. The van der Waals surface area contributed by atoms with Gasteiger partial charge in [-0.2, -0.15) is 4.31 Å². The van der Waals surface area contributed by atoms with Crippen molar-refractivity contribution in [2.45, 2.75) is 43.2 Å². The van der Waals surface area contributed by atoms with Gasteiger partial charge in [0.2, 0.25) is 11.5 Å². The van der Waals surface area contributed by atoms with Crippen LogP contribution in [0.3, 0.4) is 0 Å². The zero-order valence-corrected chi connectivity index (χ0v) is 17.3. The molecule has 9 heteroatoms. The zero-order chi connectivity index (χ0) is 22.6. The topological polar surface area (TPSA) is 115 Å². The smallest absolute Gasteiger partial charge is 0.329 e. The number of hydroxylamine groups is 2. The zero-order valence-electron chi connectivity index (χ0n) is 17.5. The molecule has 30 heavy (non-hydrogen) atoms. The van der Waals surface area contributed by atoms with Crippen molar-refractivity contribution in [1.29, 1.82) is 0 Å². The Bertz CT molecular complexity index is 1030. The molecule has 160 valence electrons. The number of carboxylic acids is 1. The van der Waals surface area contributed by atoms with Crippen molar-refractivity contribution in [2.75, 3.05) is 6.54 Å². The molecule has 1 aliphatic rings. The summed E-state index contributed by atoms with van der Waals surface area (Å²) >= 11 is 0. The molecule has 1 fully saturated rings. The number of aliphatic carboxylic acids is 1. The van der Waals surface area contributed by atoms with Gasteiger partial charge in [-0.25, -0.2) is 18.3 Å². The van der Waals surface area contributed by atoms with Crippen molar-refractivity contribution >= 4 is 21.9 Å². The van der Waals surface area contributed by atoms with Gasteiger partial charge in [0.15, 0.2) is 6.04 Å². The summed E-state index contributed by atoms with van der Waals surface area (Å²) in [5.41, 5.74) is 1.53. The number of carbonyl (C=O) groups excluding carboxylic acids is 1. The van der Waals surface area contributed by atoms with Crippen LogP contribution in [-0.2, 0) is 26.0 Å². The first kappa shape index (κ1) is 20.5. The Labute approximate surface area is 176 Å². The van der Waals surface area contributed by atoms with Crippen molar-refractivity contribution in [3.05, 3.63) is 65.7 Å². The monoisotopic (exact) mass is 433 g/mol. The Morgan fingerprint density at radius 3 is 2.47 bits per heavy atom. The van der Waals surface area contributed by atoms with Gasteiger partial charge in [0.1, 0.15) is 6.04 Å². The van der Waals surface area contributed by atoms with Crippen LogP contribution < -0.4 is 0 Å². The first-order chi connectivity index (χ1) is 14.8. The van der Waals surface area contributed by atoms with Gasteiger partial charge in [0.25, 0.3) is 5.91 Å². The lowest BCUT2D eigenvalue weighted by Gasteiger charge is -2.29. The minimum Gasteiger partial charge on any atom is -0.480 e. The Morgan fingerprint density at radius 1 is 1.20 bits per heavy atom. The van der Waals surface area contributed by atoms with E-state index in [1.54, 1.807) is 42.5 Å². The number of benzene rings is 2. The van der Waals surface area contributed by atoms with E-state index in [0.717, 1.165) is 9.87 Å². The quantitative estimate of drug-likeness (QED) is 0.486. The second-order valence-electron chi connectivity index (χ2n) is 7.29. The summed E-state index contributed by atoms with van der Waals surface area (Å²) in [5, 5.41) is 14.6. The lowest BCUT2D eigenvalue weighted by Crippen LogP contribution is -2.52. The maximum atomic E-state index is 13.2. The van der Waals surface area contributed by atoms with Crippen LogP contribution in [0.25, 0.3) is 0 Å². The van der Waals surface area contributed by atoms with Crippen LogP contribution in [0.2, 0.25) is 1.43 Å². The van der Waals surface area contributed by atoms with E-state index in [0.29, 0.717) is 17.0 Å². The minimum absolute atomic E-state index is 0.0511. The van der Waals surface area contributed by atoms with E-state index in [4.69, 9.17) is 1.43 Å². The fourth-order valence-corrected chi connectivity index (χ4v) is 5.18. The third kappa shape index (κ3) is 4.53. The maximum absolute atomic E-state index is 13.2. The maximum Gasteiger partial charge on any atom is 0.329 e. The average molecular weight is 434 g/mol. The van der Waals surface area contributed by atoms with Crippen LogP contribution in [0.15, 0.2) is 59.5 Å². The minimum atomic E-state index is -3.97.